The number of nitrogens with one attached hydrogen (secondary N) is 2. The van der Waals surface area contributed by atoms with Crippen LogP contribution in [0.25, 0.3) is 0 Å². The van der Waals surface area contributed by atoms with Crippen LogP contribution in [0.5, 0.6) is 0 Å². The highest BCUT2D eigenvalue weighted by Gasteiger charge is 2.17. The summed E-state index contributed by atoms with van der Waals surface area (Å²) in [6, 6.07) is 7.19. The lowest BCUT2D eigenvalue weighted by atomic mass is 10.1. The molecule has 0 spiro atoms. The Balaban J connectivity index is 1.74. The zero-order valence-electron chi connectivity index (χ0n) is 12.1. The van der Waals surface area contributed by atoms with E-state index in [0.29, 0.717) is 18.1 Å². The zero-order chi connectivity index (χ0) is 15.1. The lowest BCUT2D eigenvalue weighted by Gasteiger charge is -2.17. The van der Waals surface area contributed by atoms with Gasteiger partial charge in [-0.15, -0.1) is 0 Å². The largest absolute Gasteiger partial charge is 0.376 e. The van der Waals surface area contributed by atoms with Crippen LogP contribution in [0.3, 0.4) is 0 Å². The summed E-state index contributed by atoms with van der Waals surface area (Å²) in [5.41, 5.74) is 0.973. The topological polar surface area (TPSA) is 59.6 Å². The van der Waals surface area contributed by atoms with Crippen molar-refractivity contribution in [2.24, 2.45) is 0 Å². The molecule has 1 aromatic carbocycles. The van der Waals surface area contributed by atoms with E-state index in [1.54, 1.807) is 19.2 Å². The molecule has 0 bridgehead atoms. The van der Waals surface area contributed by atoms with Crippen LogP contribution < -0.4 is 10.6 Å². The van der Waals surface area contributed by atoms with Gasteiger partial charge in [0.05, 0.1) is 12.2 Å². The van der Waals surface area contributed by atoms with E-state index in [1.807, 2.05) is 12.1 Å². The summed E-state index contributed by atoms with van der Waals surface area (Å²) < 4.78 is 10.8. The van der Waals surface area contributed by atoms with Crippen LogP contribution in [0.1, 0.15) is 24.5 Å². The number of benzene rings is 1. The number of rotatable bonds is 6. The molecule has 0 radical (unpaired) electrons. The molecule has 2 N–H and O–H groups in total. The minimum absolute atomic E-state index is 0.144. The maximum Gasteiger partial charge on any atom is 0.314 e. The third kappa shape index (κ3) is 5.19. The molecule has 2 rings (SSSR count). The molecule has 6 heteroatoms. The molecule has 5 nitrogen and oxygen atoms in total. The number of hydrogen-bond acceptors (Lipinski definition) is 3. The van der Waals surface area contributed by atoms with E-state index in [-0.39, 0.29) is 18.2 Å². The summed E-state index contributed by atoms with van der Waals surface area (Å²) in [6.07, 6.45) is 2.02. The van der Waals surface area contributed by atoms with Gasteiger partial charge in [0.2, 0.25) is 0 Å². The molecule has 21 heavy (non-hydrogen) atoms. The average Bonchev–Trinajstić information content (AvgIpc) is 3.01. The van der Waals surface area contributed by atoms with Crippen LogP contribution in [-0.2, 0) is 9.47 Å². The molecule has 0 aromatic heterocycles. The van der Waals surface area contributed by atoms with Gasteiger partial charge in [-0.25, -0.2) is 4.79 Å². The standard InChI is InChI=1S/C15H21ClN2O3/c1-20-14(11-4-6-12(16)7-5-11)10-18-15(19)17-9-13-3-2-8-21-13/h4-7,13-14H,2-3,8-10H2,1H3,(H2,17,18,19)/t13-,14+/m0/s1. The van der Waals surface area contributed by atoms with E-state index in [0.717, 1.165) is 25.0 Å². The maximum absolute atomic E-state index is 11.8. The van der Waals surface area contributed by atoms with Crippen molar-refractivity contribution in [3.63, 3.8) is 0 Å². The van der Waals surface area contributed by atoms with E-state index in [4.69, 9.17) is 21.1 Å². The fourth-order valence-corrected chi connectivity index (χ4v) is 2.40. The van der Waals surface area contributed by atoms with Gasteiger partial charge in [0, 0.05) is 31.8 Å². The minimum atomic E-state index is -0.207. The fraction of sp³-hybridized carbons (Fsp3) is 0.533. The molecule has 0 unspecified atom stereocenters. The molecule has 0 aliphatic carbocycles. The molecule has 1 fully saturated rings. The van der Waals surface area contributed by atoms with E-state index >= 15 is 0 Å². The summed E-state index contributed by atoms with van der Waals surface area (Å²) in [4.78, 5) is 11.8. The van der Waals surface area contributed by atoms with Gasteiger partial charge in [-0.05, 0) is 30.5 Å². The molecule has 0 saturated carbocycles. The number of carbonyl (C=O) groups excluding carboxylic acids is 1. The van der Waals surface area contributed by atoms with Crippen LogP contribution in [0.4, 0.5) is 4.79 Å². The minimum Gasteiger partial charge on any atom is -0.376 e. The highest BCUT2D eigenvalue weighted by Crippen LogP contribution is 2.18. The first kappa shape index (κ1) is 16.1. The molecule has 116 valence electrons. The quantitative estimate of drug-likeness (QED) is 0.848. The SMILES string of the molecule is CO[C@H](CNC(=O)NC[C@@H]1CCCO1)c1ccc(Cl)cc1. The Morgan fingerprint density at radius 3 is 2.81 bits per heavy atom. The summed E-state index contributed by atoms with van der Waals surface area (Å²) >= 11 is 5.86. The van der Waals surface area contributed by atoms with Crippen molar-refractivity contribution < 1.29 is 14.3 Å². The highest BCUT2D eigenvalue weighted by molar-refractivity contribution is 6.30. The Labute approximate surface area is 130 Å². The maximum atomic E-state index is 11.8. The molecular weight excluding hydrogens is 292 g/mol. The second-order valence-corrected chi connectivity index (χ2v) is 5.44. The lowest BCUT2D eigenvalue weighted by molar-refractivity contribution is 0.101. The molecule has 1 aliphatic rings. The fourth-order valence-electron chi connectivity index (χ4n) is 2.27. The third-order valence-corrected chi connectivity index (χ3v) is 3.74. The van der Waals surface area contributed by atoms with E-state index in [9.17, 15) is 4.79 Å². The molecule has 2 atom stereocenters. The predicted octanol–water partition coefficient (Wildman–Crippen LogP) is 2.51. The summed E-state index contributed by atoms with van der Waals surface area (Å²) in [5.74, 6) is 0. The number of urea groups is 1. The highest BCUT2D eigenvalue weighted by atomic mass is 35.5. The molecular formula is C15H21ClN2O3. The predicted molar refractivity (Wildman–Crippen MR) is 81.6 cm³/mol. The first-order chi connectivity index (χ1) is 10.2. The Kier molecular flexibility index (Phi) is 6.29. The summed E-state index contributed by atoms with van der Waals surface area (Å²) in [6.45, 7) is 1.73. The number of amides is 2. The number of methoxy groups -OCH3 is 1. The average molecular weight is 313 g/mol. The van der Waals surface area contributed by atoms with Crippen molar-refractivity contribution in [2.45, 2.75) is 25.0 Å². The van der Waals surface area contributed by atoms with Gasteiger partial charge < -0.3 is 20.1 Å². The lowest BCUT2D eigenvalue weighted by Crippen LogP contribution is -2.41. The van der Waals surface area contributed by atoms with Gasteiger partial charge in [-0.3, -0.25) is 0 Å². The Hall–Kier alpha value is -1.30. The normalized spacial score (nSPS) is 19.2. The second kappa shape index (κ2) is 8.22. The monoisotopic (exact) mass is 312 g/mol. The van der Waals surface area contributed by atoms with Crippen molar-refractivity contribution in [1.29, 1.82) is 0 Å². The molecule has 1 aromatic rings. The van der Waals surface area contributed by atoms with Crippen molar-refractivity contribution in [3.8, 4) is 0 Å². The van der Waals surface area contributed by atoms with Gasteiger partial charge in [0.1, 0.15) is 0 Å². The number of halogens is 1. The van der Waals surface area contributed by atoms with Gasteiger partial charge in [0.15, 0.2) is 0 Å². The number of hydrogen-bond donors (Lipinski definition) is 2. The van der Waals surface area contributed by atoms with E-state index in [1.165, 1.54) is 0 Å². The molecule has 1 heterocycles. The third-order valence-electron chi connectivity index (χ3n) is 3.49. The summed E-state index contributed by atoms with van der Waals surface area (Å²) in [5, 5.41) is 6.30. The molecule has 2 amide bonds. The summed E-state index contributed by atoms with van der Waals surface area (Å²) in [7, 11) is 1.62. The van der Waals surface area contributed by atoms with Crippen LogP contribution in [0.15, 0.2) is 24.3 Å². The number of ether oxygens (including phenoxy) is 2. The first-order valence-corrected chi connectivity index (χ1v) is 7.48. The van der Waals surface area contributed by atoms with Gasteiger partial charge in [-0.1, -0.05) is 23.7 Å². The Morgan fingerprint density at radius 1 is 1.43 bits per heavy atom. The van der Waals surface area contributed by atoms with Gasteiger partial charge in [-0.2, -0.15) is 0 Å². The Bertz CT molecular complexity index is 447. The van der Waals surface area contributed by atoms with Crippen molar-refractivity contribution in [2.75, 3.05) is 26.8 Å². The van der Waals surface area contributed by atoms with Gasteiger partial charge >= 0.3 is 6.03 Å². The van der Waals surface area contributed by atoms with Crippen molar-refractivity contribution in [3.05, 3.63) is 34.9 Å². The zero-order valence-corrected chi connectivity index (χ0v) is 12.9. The van der Waals surface area contributed by atoms with Crippen LogP contribution in [0, 0.1) is 0 Å². The van der Waals surface area contributed by atoms with Crippen LogP contribution in [0.2, 0.25) is 5.02 Å². The van der Waals surface area contributed by atoms with Gasteiger partial charge in [0.25, 0.3) is 0 Å². The van der Waals surface area contributed by atoms with E-state index < -0.39 is 0 Å². The Morgan fingerprint density at radius 2 is 2.19 bits per heavy atom. The molecule has 1 aliphatic heterocycles. The van der Waals surface area contributed by atoms with Crippen molar-refractivity contribution in [1.82, 2.24) is 10.6 Å². The smallest absolute Gasteiger partial charge is 0.314 e. The van der Waals surface area contributed by atoms with Crippen LogP contribution in [-0.4, -0.2) is 38.9 Å². The number of carbonyl (C=O) groups is 1. The van der Waals surface area contributed by atoms with E-state index in [2.05, 4.69) is 10.6 Å². The second-order valence-electron chi connectivity index (χ2n) is 5.00. The first-order valence-electron chi connectivity index (χ1n) is 7.10. The van der Waals surface area contributed by atoms with Crippen LogP contribution >= 0.6 is 11.6 Å². The van der Waals surface area contributed by atoms with Crippen molar-refractivity contribution >= 4 is 17.6 Å². The molecule has 1 saturated heterocycles.